The molecular weight excluding hydrogens is 302 g/mol. The molecule has 2 heterocycles. The lowest BCUT2D eigenvalue weighted by molar-refractivity contribution is -0.129. The molecule has 1 saturated carbocycles. The van der Waals surface area contributed by atoms with E-state index in [9.17, 15) is 9.59 Å². The lowest BCUT2D eigenvalue weighted by Gasteiger charge is -2.15. The molecule has 0 radical (unpaired) electrons. The molecule has 0 unspecified atom stereocenters. The van der Waals surface area contributed by atoms with E-state index in [1.54, 1.807) is 0 Å². The molecule has 2 aromatic rings. The SMILES string of the molecule is O=C(NCCCn1ccc2ccccc21)[C@H]1CC(=O)N(C2CC2)C1. The topological polar surface area (TPSA) is 54.3 Å². The van der Waals surface area contributed by atoms with Gasteiger partial charge in [0.25, 0.3) is 0 Å². The lowest BCUT2D eigenvalue weighted by atomic mass is 10.1. The summed E-state index contributed by atoms with van der Waals surface area (Å²) in [4.78, 5) is 26.1. The number of carbonyl (C=O) groups excluding carboxylic acids is 2. The molecule has 2 amide bonds. The average Bonchev–Trinajstić information content (AvgIpc) is 3.24. The Labute approximate surface area is 141 Å². The van der Waals surface area contributed by atoms with Gasteiger partial charge in [-0.05, 0) is 36.8 Å². The Hall–Kier alpha value is -2.30. The van der Waals surface area contributed by atoms with Crippen LogP contribution in [0.4, 0.5) is 0 Å². The van der Waals surface area contributed by atoms with Crippen LogP contribution in [0.2, 0.25) is 0 Å². The molecule has 5 nitrogen and oxygen atoms in total. The predicted octanol–water partition coefficient (Wildman–Crippen LogP) is 2.16. The first-order valence-corrected chi connectivity index (χ1v) is 8.83. The second-order valence-electron chi connectivity index (χ2n) is 6.89. The number of amides is 2. The molecule has 2 fully saturated rings. The number of nitrogens with zero attached hydrogens (tertiary/aromatic N) is 2. The Balaban J connectivity index is 1.24. The van der Waals surface area contributed by atoms with E-state index < -0.39 is 0 Å². The van der Waals surface area contributed by atoms with Crippen molar-refractivity contribution in [1.29, 1.82) is 0 Å². The van der Waals surface area contributed by atoms with E-state index >= 15 is 0 Å². The fourth-order valence-electron chi connectivity index (χ4n) is 3.59. The zero-order valence-electron chi connectivity index (χ0n) is 13.8. The Bertz CT molecular complexity index is 763. The quantitative estimate of drug-likeness (QED) is 0.828. The summed E-state index contributed by atoms with van der Waals surface area (Å²) >= 11 is 0. The number of rotatable bonds is 6. The van der Waals surface area contributed by atoms with Crippen molar-refractivity contribution in [3.8, 4) is 0 Å². The molecule has 2 aliphatic rings. The Morgan fingerprint density at radius 1 is 1.21 bits per heavy atom. The molecule has 126 valence electrons. The van der Waals surface area contributed by atoms with Crippen molar-refractivity contribution in [2.45, 2.75) is 38.3 Å². The fourth-order valence-corrected chi connectivity index (χ4v) is 3.59. The van der Waals surface area contributed by atoms with E-state index in [-0.39, 0.29) is 17.7 Å². The van der Waals surface area contributed by atoms with Crippen LogP contribution in [0.3, 0.4) is 0 Å². The van der Waals surface area contributed by atoms with E-state index in [0.717, 1.165) is 25.8 Å². The Kier molecular flexibility index (Phi) is 4.00. The lowest BCUT2D eigenvalue weighted by Crippen LogP contribution is -2.34. The van der Waals surface area contributed by atoms with Gasteiger partial charge in [0.05, 0.1) is 5.92 Å². The van der Waals surface area contributed by atoms with Crippen LogP contribution in [0.15, 0.2) is 36.5 Å². The highest BCUT2D eigenvalue weighted by Crippen LogP contribution is 2.32. The van der Waals surface area contributed by atoms with Gasteiger partial charge in [-0.2, -0.15) is 0 Å². The summed E-state index contributed by atoms with van der Waals surface area (Å²) in [6.07, 6.45) is 5.56. The van der Waals surface area contributed by atoms with Crippen molar-refractivity contribution in [1.82, 2.24) is 14.8 Å². The summed E-state index contributed by atoms with van der Waals surface area (Å²) in [5, 5.41) is 4.25. The van der Waals surface area contributed by atoms with E-state index in [0.29, 0.717) is 25.6 Å². The zero-order chi connectivity index (χ0) is 16.5. The number of hydrogen-bond acceptors (Lipinski definition) is 2. The highest BCUT2D eigenvalue weighted by Gasteiger charge is 2.41. The fraction of sp³-hybridized carbons (Fsp3) is 0.474. The third kappa shape index (κ3) is 3.03. The Morgan fingerprint density at radius 3 is 2.88 bits per heavy atom. The molecule has 1 atom stereocenters. The van der Waals surface area contributed by atoms with Gasteiger partial charge in [-0.1, -0.05) is 18.2 Å². The van der Waals surface area contributed by atoms with Gasteiger partial charge in [0.1, 0.15) is 0 Å². The summed E-state index contributed by atoms with van der Waals surface area (Å²) in [6.45, 7) is 2.14. The summed E-state index contributed by atoms with van der Waals surface area (Å²) in [6, 6.07) is 10.8. The molecule has 0 bridgehead atoms. The molecule has 5 heteroatoms. The summed E-state index contributed by atoms with van der Waals surface area (Å²) in [5.41, 5.74) is 1.23. The maximum atomic E-state index is 12.3. The average molecular weight is 325 g/mol. The van der Waals surface area contributed by atoms with Crippen LogP contribution >= 0.6 is 0 Å². The van der Waals surface area contributed by atoms with Crippen molar-refractivity contribution in [3.05, 3.63) is 36.5 Å². The van der Waals surface area contributed by atoms with Crippen LogP contribution in [0.1, 0.15) is 25.7 Å². The van der Waals surface area contributed by atoms with Gasteiger partial charge in [0.2, 0.25) is 11.8 Å². The molecule has 24 heavy (non-hydrogen) atoms. The highest BCUT2D eigenvalue weighted by molar-refractivity contribution is 5.89. The van der Waals surface area contributed by atoms with Gasteiger partial charge >= 0.3 is 0 Å². The van der Waals surface area contributed by atoms with E-state index in [2.05, 4.69) is 34.3 Å². The predicted molar refractivity (Wildman–Crippen MR) is 92.4 cm³/mol. The third-order valence-electron chi connectivity index (χ3n) is 5.07. The number of hydrogen-bond donors (Lipinski definition) is 1. The first-order chi connectivity index (χ1) is 11.7. The van der Waals surface area contributed by atoms with Crippen molar-refractivity contribution in [2.24, 2.45) is 5.92 Å². The van der Waals surface area contributed by atoms with Gasteiger partial charge in [-0.25, -0.2) is 0 Å². The van der Waals surface area contributed by atoms with Crippen LogP contribution in [0.5, 0.6) is 0 Å². The first-order valence-electron chi connectivity index (χ1n) is 8.83. The normalized spacial score (nSPS) is 20.8. The molecule has 1 aliphatic carbocycles. The second kappa shape index (κ2) is 6.30. The van der Waals surface area contributed by atoms with Crippen LogP contribution in [-0.2, 0) is 16.1 Å². The highest BCUT2D eigenvalue weighted by atomic mass is 16.2. The molecule has 1 aromatic heterocycles. The molecule has 1 saturated heterocycles. The van der Waals surface area contributed by atoms with E-state index in [1.807, 2.05) is 17.0 Å². The van der Waals surface area contributed by atoms with Gasteiger partial charge in [-0.15, -0.1) is 0 Å². The number of carbonyl (C=O) groups is 2. The minimum absolute atomic E-state index is 0.0314. The van der Waals surface area contributed by atoms with Crippen LogP contribution in [0.25, 0.3) is 10.9 Å². The first kappa shape index (κ1) is 15.2. The maximum absolute atomic E-state index is 12.3. The minimum Gasteiger partial charge on any atom is -0.356 e. The monoisotopic (exact) mass is 325 g/mol. The summed E-state index contributed by atoms with van der Waals surface area (Å²) in [7, 11) is 0. The second-order valence-corrected chi connectivity index (χ2v) is 6.89. The molecular formula is C19H23N3O2. The minimum atomic E-state index is -0.162. The number of aryl methyl sites for hydroxylation is 1. The van der Waals surface area contributed by atoms with Crippen molar-refractivity contribution in [2.75, 3.05) is 13.1 Å². The number of para-hydroxylation sites is 1. The van der Waals surface area contributed by atoms with E-state index in [4.69, 9.17) is 0 Å². The smallest absolute Gasteiger partial charge is 0.225 e. The molecule has 1 aromatic carbocycles. The molecule has 1 aliphatic heterocycles. The van der Waals surface area contributed by atoms with Crippen molar-refractivity contribution < 1.29 is 9.59 Å². The van der Waals surface area contributed by atoms with Crippen molar-refractivity contribution >= 4 is 22.7 Å². The zero-order valence-corrected chi connectivity index (χ0v) is 13.8. The summed E-state index contributed by atoms with van der Waals surface area (Å²) < 4.78 is 2.22. The van der Waals surface area contributed by atoms with Gasteiger partial charge in [0, 0.05) is 43.8 Å². The summed E-state index contributed by atoms with van der Waals surface area (Å²) in [5.74, 6) is 0.0193. The number of fused-ring (bicyclic) bond motifs is 1. The van der Waals surface area contributed by atoms with Crippen molar-refractivity contribution in [3.63, 3.8) is 0 Å². The van der Waals surface area contributed by atoms with Crippen LogP contribution in [0, 0.1) is 5.92 Å². The number of aromatic nitrogens is 1. The molecule has 1 N–H and O–H groups in total. The van der Waals surface area contributed by atoms with Gasteiger partial charge in [-0.3, -0.25) is 9.59 Å². The maximum Gasteiger partial charge on any atom is 0.225 e. The van der Waals surface area contributed by atoms with Crippen LogP contribution in [-0.4, -0.2) is 40.4 Å². The molecule has 4 rings (SSSR count). The Morgan fingerprint density at radius 2 is 2.04 bits per heavy atom. The number of benzene rings is 1. The van der Waals surface area contributed by atoms with Gasteiger partial charge < -0.3 is 14.8 Å². The number of likely N-dealkylation sites (tertiary alicyclic amines) is 1. The molecule has 0 spiro atoms. The number of nitrogens with one attached hydrogen (secondary N) is 1. The van der Waals surface area contributed by atoms with Crippen LogP contribution < -0.4 is 5.32 Å². The van der Waals surface area contributed by atoms with Gasteiger partial charge in [0.15, 0.2) is 0 Å². The standard InChI is InChI=1S/C19H23N3O2/c23-18-12-15(13-22(18)16-6-7-16)19(24)20-9-3-10-21-11-8-14-4-1-2-5-17(14)21/h1-2,4-5,8,11,15-16H,3,6-7,9-10,12-13H2,(H,20,24)/t15-/m0/s1. The largest absolute Gasteiger partial charge is 0.356 e. The van der Waals surface area contributed by atoms with E-state index in [1.165, 1.54) is 10.9 Å². The third-order valence-corrected chi connectivity index (χ3v) is 5.07.